The molecule has 0 N–H and O–H groups in total. The Morgan fingerprint density at radius 3 is 2.95 bits per heavy atom. The lowest BCUT2D eigenvalue weighted by atomic mass is 10.1. The first-order valence-electron chi connectivity index (χ1n) is 6.50. The second-order valence-corrected chi connectivity index (χ2v) is 7.51. The maximum atomic E-state index is 5.90. The highest BCUT2D eigenvalue weighted by atomic mass is 79.9. The molecule has 2 atom stereocenters. The molecule has 104 valence electrons. The van der Waals surface area contributed by atoms with Gasteiger partial charge in [0.25, 0.3) is 0 Å². The van der Waals surface area contributed by atoms with Gasteiger partial charge >= 0.3 is 0 Å². The van der Waals surface area contributed by atoms with Crippen LogP contribution in [0.2, 0.25) is 0 Å². The number of rotatable bonds is 2. The summed E-state index contributed by atoms with van der Waals surface area (Å²) in [5.74, 6) is -0.436. The van der Waals surface area contributed by atoms with Crippen molar-refractivity contribution in [3.63, 3.8) is 0 Å². The van der Waals surface area contributed by atoms with E-state index in [9.17, 15) is 0 Å². The van der Waals surface area contributed by atoms with Crippen molar-refractivity contribution < 1.29 is 9.47 Å². The summed E-state index contributed by atoms with van der Waals surface area (Å²) in [5, 5.41) is 0. The van der Waals surface area contributed by atoms with Gasteiger partial charge in [-0.25, -0.2) is 4.31 Å². The van der Waals surface area contributed by atoms with Crippen LogP contribution in [0.25, 0.3) is 0 Å². The van der Waals surface area contributed by atoms with E-state index in [-0.39, 0.29) is 6.10 Å². The number of hydrogen-bond acceptors (Lipinski definition) is 4. The van der Waals surface area contributed by atoms with E-state index in [0.717, 1.165) is 11.0 Å². The summed E-state index contributed by atoms with van der Waals surface area (Å²) >= 11 is 5.36. The predicted octanol–water partition coefficient (Wildman–Crippen LogP) is 3.98. The first kappa shape index (κ1) is 13.9. The molecule has 1 fully saturated rings. The highest BCUT2D eigenvalue weighted by molar-refractivity contribution is 9.10. The van der Waals surface area contributed by atoms with Crippen LogP contribution < -0.4 is 0 Å². The van der Waals surface area contributed by atoms with Gasteiger partial charge in [-0.15, -0.1) is 0 Å². The van der Waals surface area contributed by atoms with Crippen LogP contribution in [0.4, 0.5) is 0 Å². The minimum absolute atomic E-state index is 0.155. The molecule has 0 spiro atoms. The fraction of sp³-hybridized carbons (Fsp3) is 0.571. The van der Waals surface area contributed by atoms with E-state index in [2.05, 4.69) is 45.4 Å². The Hall–Kier alpha value is -0.0700. The predicted molar refractivity (Wildman–Crippen MR) is 80.0 cm³/mol. The van der Waals surface area contributed by atoms with Crippen LogP contribution in [0.3, 0.4) is 0 Å². The van der Waals surface area contributed by atoms with Crippen LogP contribution >= 0.6 is 27.9 Å². The van der Waals surface area contributed by atoms with E-state index in [1.807, 2.05) is 25.8 Å². The molecule has 3 rings (SSSR count). The van der Waals surface area contributed by atoms with Crippen molar-refractivity contribution in [2.24, 2.45) is 0 Å². The Morgan fingerprint density at radius 1 is 1.47 bits per heavy atom. The standard InChI is InChI=1S/C14H18BrNO2S/c1-9-12-6-10(15)4-5-13(12)19-16(9)7-11-8-17-14(2,3)18-11/h4-6,9,11H,7-8H2,1-3H3. The largest absolute Gasteiger partial charge is 0.348 e. The van der Waals surface area contributed by atoms with Crippen molar-refractivity contribution >= 4 is 27.9 Å². The van der Waals surface area contributed by atoms with Crippen molar-refractivity contribution in [2.75, 3.05) is 13.2 Å². The molecule has 0 aromatic heterocycles. The lowest BCUT2D eigenvalue weighted by Crippen LogP contribution is -2.30. The maximum absolute atomic E-state index is 5.90. The van der Waals surface area contributed by atoms with Gasteiger partial charge in [-0.05, 0) is 56.5 Å². The smallest absolute Gasteiger partial charge is 0.163 e. The lowest BCUT2D eigenvalue weighted by molar-refractivity contribution is -0.139. The zero-order valence-electron chi connectivity index (χ0n) is 11.4. The van der Waals surface area contributed by atoms with Crippen LogP contribution in [-0.2, 0) is 9.47 Å². The molecular formula is C14H18BrNO2S. The van der Waals surface area contributed by atoms with Gasteiger partial charge in [0.1, 0.15) is 0 Å². The van der Waals surface area contributed by atoms with Gasteiger partial charge < -0.3 is 9.47 Å². The number of ether oxygens (including phenoxy) is 2. The van der Waals surface area contributed by atoms with Crippen molar-refractivity contribution in [1.29, 1.82) is 0 Å². The average molecular weight is 344 g/mol. The summed E-state index contributed by atoms with van der Waals surface area (Å²) in [6.07, 6.45) is 0.155. The molecule has 5 heteroatoms. The normalized spacial score (nSPS) is 29.7. The van der Waals surface area contributed by atoms with Crippen molar-refractivity contribution in [3.05, 3.63) is 28.2 Å². The molecule has 1 aromatic rings. The summed E-state index contributed by atoms with van der Waals surface area (Å²) in [6, 6.07) is 6.89. The zero-order valence-corrected chi connectivity index (χ0v) is 13.8. The average Bonchev–Trinajstić information content (AvgIpc) is 2.82. The Labute approximate surface area is 126 Å². The molecule has 3 nitrogen and oxygen atoms in total. The lowest BCUT2D eigenvalue weighted by Gasteiger charge is -2.23. The van der Waals surface area contributed by atoms with E-state index in [0.29, 0.717) is 12.6 Å². The third-order valence-electron chi connectivity index (χ3n) is 3.52. The second-order valence-electron chi connectivity index (χ2n) is 5.50. The molecule has 2 unspecified atom stereocenters. The minimum Gasteiger partial charge on any atom is -0.348 e. The van der Waals surface area contributed by atoms with Crippen LogP contribution in [-0.4, -0.2) is 29.3 Å². The van der Waals surface area contributed by atoms with E-state index in [1.54, 1.807) is 0 Å². The van der Waals surface area contributed by atoms with Crippen LogP contribution in [0, 0.1) is 0 Å². The molecule has 2 aliphatic heterocycles. The van der Waals surface area contributed by atoms with Gasteiger partial charge in [-0.1, -0.05) is 15.9 Å². The van der Waals surface area contributed by atoms with E-state index < -0.39 is 5.79 Å². The van der Waals surface area contributed by atoms with E-state index in [1.165, 1.54) is 10.5 Å². The van der Waals surface area contributed by atoms with Gasteiger partial charge in [0, 0.05) is 22.0 Å². The van der Waals surface area contributed by atoms with Crippen molar-refractivity contribution in [2.45, 2.75) is 43.6 Å². The van der Waals surface area contributed by atoms with Crippen LogP contribution in [0.1, 0.15) is 32.4 Å². The van der Waals surface area contributed by atoms with E-state index >= 15 is 0 Å². The van der Waals surface area contributed by atoms with E-state index in [4.69, 9.17) is 9.47 Å². The molecule has 2 aliphatic rings. The number of benzene rings is 1. The van der Waals surface area contributed by atoms with Crippen molar-refractivity contribution in [3.8, 4) is 0 Å². The topological polar surface area (TPSA) is 21.7 Å². The summed E-state index contributed by atoms with van der Waals surface area (Å²) in [7, 11) is 0. The van der Waals surface area contributed by atoms with Gasteiger partial charge in [0.05, 0.1) is 12.7 Å². The molecule has 0 amide bonds. The monoisotopic (exact) mass is 343 g/mol. The number of fused-ring (bicyclic) bond motifs is 1. The summed E-state index contributed by atoms with van der Waals surface area (Å²) in [4.78, 5) is 1.34. The SMILES string of the molecule is CC1c2cc(Br)ccc2SN1CC1COC(C)(C)O1. The van der Waals surface area contributed by atoms with Crippen molar-refractivity contribution in [1.82, 2.24) is 4.31 Å². The van der Waals surface area contributed by atoms with Gasteiger partial charge in [0.2, 0.25) is 0 Å². The quantitative estimate of drug-likeness (QED) is 0.757. The minimum atomic E-state index is -0.436. The summed E-state index contributed by atoms with van der Waals surface area (Å²) in [6.45, 7) is 7.75. The second kappa shape index (κ2) is 5.04. The fourth-order valence-corrected chi connectivity index (χ4v) is 4.15. The molecule has 0 aliphatic carbocycles. The number of nitrogens with zero attached hydrogens (tertiary/aromatic N) is 1. The first-order valence-corrected chi connectivity index (χ1v) is 8.07. The summed E-state index contributed by atoms with van der Waals surface area (Å²) in [5.41, 5.74) is 1.39. The summed E-state index contributed by atoms with van der Waals surface area (Å²) < 4.78 is 15.0. The molecular weight excluding hydrogens is 326 g/mol. The fourth-order valence-electron chi connectivity index (χ4n) is 2.54. The highest BCUT2D eigenvalue weighted by Gasteiger charge is 2.36. The molecule has 0 bridgehead atoms. The molecule has 1 saturated heterocycles. The molecule has 2 heterocycles. The van der Waals surface area contributed by atoms with Crippen LogP contribution in [0.5, 0.6) is 0 Å². The Morgan fingerprint density at radius 2 is 2.26 bits per heavy atom. The van der Waals surface area contributed by atoms with Gasteiger partial charge in [-0.3, -0.25) is 0 Å². The van der Waals surface area contributed by atoms with Gasteiger partial charge in [0.15, 0.2) is 5.79 Å². The third-order valence-corrected chi connectivity index (χ3v) is 5.28. The molecule has 0 radical (unpaired) electrons. The molecule has 1 aromatic carbocycles. The Balaban J connectivity index is 1.69. The number of halogens is 1. The Kier molecular flexibility index (Phi) is 3.69. The highest BCUT2D eigenvalue weighted by Crippen LogP contribution is 2.45. The van der Waals surface area contributed by atoms with Crippen LogP contribution in [0.15, 0.2) is 27.6 Å². The Bertz CT molecular complexity index is 494. The number of hydrogen-bond donors (Lipinski definition) is 0. The maximum Gasteiger partial charge on any atom is 0.163 e. The first-order chi connectivity index (χ1) is 8.94. The van der Waals surface area contributed by atoms with Gasteiger partial charge in [-0.2, -0.15) is 0 Å². The third kappa shape index (κ3) is 2.85. The zero-order chi connectivity index (χ0) is 13.6. The molecule has 0 saturated carbocycles. The molecule has 19 heavy (non-hydrogen) atoms.